The van der Waals surface area contributed by atoms with E-state index >= 15 is 0 Å². The van der Waals surface area contributed by atoms with Crippen molar-refractivity contribution in [2.75, 3.05) is 19.4 Å². The lowest BCUT2D eigenvalue weighted by molar-refractivity contribution is -0.115. The predicted octanol–water partition coefficient (Wildman–Crippen LogP) is 3.20. The molecule has 8 nitrogen and oxygen atoms in total. The number of carbonyl (C=O) groups is 1. The Balaban J connectivity index is 1.96. The average Bonchev–Trinajstić information content (AvgIpc) is 3.14. The number of nitrogens with one attached hydrogen (secondary N) is 1. The molecule has 3 rings (SSSR count). The van der Waals surface area contributed by atoms with Crippen LogP contribution in [0.2, 0.25) is 5.02 Å². The van der Waals surface area contributed by atoms with Gasteiger partial charge < -0.3 is 10.2 Å². The average molecular weight is 460 g/mol. The third kappa shape index (κ3) is 5.71. The molecule has 1 heterocycles. The predicted molar refractivity (Wildman–Crippen MR) is 122 cm³/mol. The number of aromatic nitrogens is 2. The summed E-state index contributed by atoms with van der Waals surface area (Å²) < 4.78 is 31.2. The van der Waals surface area contributed by atoms with Crippen LogP contribution in [0.15, 0.2) is 64.2 Å². The van der Waals surface area contributed by atoms with E-state index in [0.717, 1.165) is 0 Å². The number of hydrogen-bond donors (Lipinski definition) is 1. The van der Waals surface area contributed by atoms with Crippen molar-refractivity contribution in [3.8, 4) is 11.1 Å². The van der Waals surface area contributed by atoms with E-state index in [0.29, 0.717) is 27.4 Å². The zero-order valence-corrected chi connectivity index (χ0v) is 18.9. The van der Waals surface area contributed by atoms with Gasteiger partial charge in [0.1, 0.15) is 6.34 Å². The molecule has 2 aromatic carbocycles. The molecule has 0 bridgehead atoms. The monoisotopic (exact) mass is 459 g/mol. The van der Waals surface area contributed by atoms with Crippen LogP contribution < -0.4 is 5.32 Å². The van der Waals surface area contributed by atoms with Gasteiger partial charge in [-0.15, -0.1) is 4.40 Å². The largest absolute Gasteiger partial charge is 0.368 e. The van der Waals surface area contributed by atoms with Crippen LogP contribution in [0.3, 0.4) is 0 Å². The normalized spacial score (nSPS) is 11.6. The van der Waals surface area contributed by atoms with Crippen molar-refractivity contribution in [1.29, 1.82) is 0 Å². The van der Waals surface area contributed by atoms with Crippen molar-refractivity contribution in [2.45, 2.75) is 11.3 Å². The van der Waals surface area contributed by atoms with Crippen LogP contribution in [-0.2, 0) is 28.3 Å². The molecule has 0 unspecified atom stereocenters. The van der Waals surface area contributed by atoms with Gasteiger partial charge in [0.15, 0.2) is 0 Å². The highest BCUT2D eigenvalue weighted by Crippen LogP contribution is 2.31. The van der Waals surface area contributed by atoms with Crippen molar-refractivity contribution < 1.29 is 13.2 Å². The first kappa shape index (κ1) is 22.5. The fourth-order valence-electron chi connectivity index (χ4n) is 2.85. The van der Waals surface area contributed by atoms with Crippen molar-refractivity contribution >= 4 is 39.6 Å². The van der Waals surface area contributed by atoms with Crippen LogP contribution in [0.25, 0.3) is 11.1 Å². The minimum atomic E-state index is -4.03. The first-order chi connectivity index (χ1) is 14.7. The molecule has 162 valence electrons. The van der Waals surface area contributed by atoms with Gasteiger partial charge in [-0.2, -0.15) is 13.5 Å². The molecule has 0 radical (unpaired) electrons. The van der Waals surface area contributed by atoms with Gasteiger partial charge in [-0.3, -0.25) is 9.48 Å². The van der Waals surface area contributed by atoms with Gasteiger partial charge in [0.2, 0.25) is 5.91 Å². The minimum absolute atomic E-state index is 0.0332. The van der Waals surface area contributed by atoms with Gasteiger partial charge in [-0.05, 0) is 23.8 Å². The summed E-state index contributed by atoms with van der Waals surface area (Å²) in [4.78, 5) is 14.0. The molecule has 0 atom stereocenters. The van der Waals surface area contributed by atoms with Gasteiger partial charge in [0.25, 0.3) is 10.0 Å². The molecule has 3 aromatic rings. The quantitative estimate of drug-likeness (QED) is 0.432. The first-order valence-electron chi connectivity index (χ1n) is 9.29. The van der Waals surface area contributed by atoms with Crippen LogP contribution in [0.1, 0.15) is 5.56 Å². The van der Waals surface area contributed by atoms with E-state index in [2.05, 4.69) is 14.8 Å². The molecule has 1 aromatic heterocycles. The standard InChI is InChI=1S/C21H22ClN5O3S/c1-26(2)14-24-31(29,30)20-11-17(8-9-18(20)16-12-23-27(3)13-16)25-21(28)10-15-6-4-5-7-19(15)22/h4-9,11-14H,10H2,1-3H3,(H,25,28). The highest BCUT2D eigenvalue weighted by Gasteiger charge is 2.21. The van der Waals surface area contributed by atoms with Gasteiger partial charge in [0.05, 0.1) is 17.5 Å². The zero-order valence-electron chi connectivity index (χ0n) is 17.3. The summed E-state index contributed by atoms with van der Waals surface area (Å²) in [6.07, 6.45) is 4.55. The molecule has 0 aliphatic heterocycles. The number of sulfonamides is 1. The van der Waals surface area contributed by atoms with Gasteiger partial charge in [-0.1, -0.05) is 35.9 Å². The second-order valence-corrected chi connectivity index (χ2v) is 9.10. The fourth-order valence-corrected chi connectivity index (χ4v) is 4.21. The topological polar surface area (TPSA) is 96.7 Å². The van der Waals surface area contributed by atoms with E-state index in [1.165, 1.54) is 17.3 Å². The minimum Gasteiger partial charge on any atom is -0.368 e. The van der Waals surface area contributed by atoms with Crippen molar-refractivity contribution in [3.05, 3.63) is 65.4 Å². The number of halogens is 1. The van der Waals surface area contributed by atoms with Crippen LogP contribution in [0.5, 0.6) is 0 Å². The van der Waals surface area contributed by atoms with E-state index in [1.807, 2.05) is 0 Å². The van der Waals surface area contributed by atoms with E-state index in [4.69, 9.17) is 11.6 Å². The van der Waals surface area contributed by atoms with E-state index in [-0.39, 0.29) is 17.2 Å². The van der Waals surface area contributed by atoms with Crippen molar-refractivity contribution in [2.24, 2.45) is 11.4 Å². The molecule has 0 aliphatic carbocycles. The number of amides is 1. The van der Waals surface area contributed by atoms with Crippen molar-refractivity contribution in [3.63, 3.8) is 0 Å². The second kappa shape index (κ2) is 9.32. The Hall–Kier alpha value is -3.17. The number of nitrogens with zero attached hydrogens (tertiary/aromatic N) is 4. The molecular weight excluding hydrogens is 438 g/mol. The molecule has 1 amide bonds. The summed E-state index contributed by atoms with van der Waals surface area (Å²) in [5, 5.41) is 7.33. The molecule has 0 saturated carbocycles. The summed E-state index contributed by atoms with van der Waals surface area (Å²) in [5.74, 6) is -0.317. The van der Waals surface area contributed by atoms with E-state index in [9.17, 15) is 13.2 Å². The molecule has 1 N–H and O–H groups in total. The number of hydrogen-bond acceptors (Lipinski definition) is 4. The maximum Gasteiger partial charge on any atom is 0.284 e. The second-order valence-electron chi connectivity index (χ2n) is 7.09. The number of benzene rings is 2. The van der Waals surface area contributed by atoms with Gasteiger partial charge in [0, 0.05) is 49.2 Å². The zero-order chi connectivity index (χ0) is 22.6. The van der Waals surface area contributed by atoms with Crippen molar-refractivity contribution in [1.82, 2.24) is 14.7 Å². The highest BCUT2D eigenvalue weighted by molar-refractivity contribution is 7.90. The number of carbonyl (C=O) groups excluding carboxylic acids is 1. The summed E-state index contributed by atoms with van der Waals surface area (Å²) in [5.41, 5.74) is 2.07. The van der Waals surface area contributed by atoms with E-state index < -0.39 is 10.0 Å². The maximum absolute atomic E-state index is 12.9. The van der Waals surface area contributed by atoms with Gasteiger partial charge >= 0.3 is 0 Å². The summed E-state index contributed by atoms with van der Waals surface area (Å²) in [6.45, 7) is 0. The Kier molecular flexibility index (Phi) is 6.77. The Morgan fingerprint density at radius 3 is 2.65 bits per heavy atom. The summed E-state index contributed by atoms with van der Waals surface area (Å²) in [7, 11) is 1.06. The Morgan fingerprint density at radius 1 is 1.26 bits per heavy atom. The highest BCUT2D eigenvalue weighted by atomic mass is 35.5. The fraction of sp³-hybridized carbons (Fsp3) is 0.190. The van der Waals surface area contributed by atoms with E-state index in [1.54, 1.807) is 74.6 Å². The molecule has 0 fully saturated rings. The van der Waals surface area contributed by atoms with Crippen LogP contribution in [-0.4, -0.2) is 49.4 Å². The lowest BCUT2D eigenvalue weighted by Crippen LogP contribution is -2.15. The van der Waals surface area contributed by atoms with Crippen LogP contribution in [0, 0.1) is 0 Å². The molecule has 0 aliphatic rings. The van der Waals surface area contributed by atoms with Crippen LogP contribution in [0.4, 0.5) is 5.69 Å². The third-order valence-corrected chi connectivity index (χ3v) is 5.92. The number of rotatable bonds is 7. The lowest BCUT2D eigenvalue weighted by Gasteiger charge is -2.11. The summed E-state index contributed by atoms with van der Waals surface area (Å²) in [6, 6.07) is 11.7. The molecule has 0 spiro atoms. The maximum atomic E-state index is 12.9. The summed E-state index contributed by atoms with van der Waals surface area (Å²) >= 11 is 6.12. The number of anilines is 1. The molecule has 10 heteroatoms. The number of aryl methyl sites for hydroxylation is 1. The first-order valence-corrected chi connectivity index (χ1v) is 11.1. The Labute approximate surface area is 186 Å². The van der Waals surface area contributed by atoms with Crippen LogP contribution >= 0.6 is 11.6 Å². The molecule has 31 heavy (non-hydrogen) atoms. The smallest absolute Gasteiger partial charge is 0.284 e. The SMILES string of the molecule is CN(C)C=NS(=O)(=O)c1cc(NC(=O)Cc2ccccc2Cl)ccc1-c1cnn(C)c1. The third-order valence-electron chi connectivity index (χ3n) is 4.28. The Morgan fingerprint density at radius 2 is 2.00 bits per heavy atom. The Bertz CT molecular complexity index is 1240. The lowest BCUT2D eigenvalue weighted by atomic mass is 10.1. The van der Waals surface area contributed by atoms with Gasteiger partial charge in [-0.25, -0.2) is 0 Å². The molecule has 0 saturated heterocycles. The molecular formula is C21H22ClN5O3S.